The molecule has 0 saturated carbocycles. The van der Waals surface area contributed by atoms with E-state index < -0.39 is 46.9 Å². The van der Waals surface area contributed by atoms with Crippen LogP contribution >= 0.6 is 11.6 Å². The van der Waals surface area contributed by atoms with Crippen molar-refractivity contribution in [2.24, 2.45) is 16.3 Å². The number of amides is 4. The molecule has 1 aromatic carbocycles. The zero-order valence-corrected chi connectivity index (χ0v) is 26.4. The minimum absolute atomic E-state index is 0. The van der Waals surface area contributed by atoms with Crippen molar-refractivity contribution in [1.29, 1.82) is 0 Å². The Morgan fingerprint density at radius 1 is 1.17 bits per heavy atom. The summed E-state index contributed by atoms with van der Waals surface area (Å²) in [6.45, 7) is 6.74. The molecule has 1 aromatic rings. The van der Waals surface area contributed by atoms with E-state index in [1.807, 2.05) is 13.8 Å². The predicted octanol–water partition coefficient (Wildman–Crippen LogP) is 0.276. The fourth-order valence-electron chi connectivity index (χ4n) is 5.12. The molecule has 2 atom stereocenters. The standard InChI is InChI=1S/C16H13ClFNO5.C11H18N2O3.Na/c1-8(20)23-24-14-7-13(12(18)6-11(14)17)19-15(21)9-4-2-3-5-10(9)16(19)22;1-4-6-7(3)11(5-2)8(14)12-10(16)13-9(11)15;/h6-7H,2-5H2,1H3;7H,4-6H2,1-3H3,(H2,12,13,14,15,16);/q;;+1/p-1. The van der Waals surface area contributed by atoms with E-state index in [1.54, 1.807) is 6.92 Å². The molecule has 0 fully saturated rings. The van der Waals surface area contributed by atoms with E-state index in [2.05, 4.69) is 15.2 Å². The Morgan fingerprint density at radius 2 is 1.76 bits per heavy atom. The fraction of sp³-hybridized carbons (Fsp3) is 0.481. The molecule has 0 aromatic heterocycles. The number of benzene rings is 1. The largest absolute Gasteiger partial charge is 1.00 e. The molecule has 4 rings (SSSR count). The van der Waals surface area contributed by atoms with Crippen LogP contribution in [0, 0.1) is 17.2 Å². The normalized spacial score (nSPS) is 20.7. The van der Waals surface area contributed by atoms with Crippen LogP contribution < -0.4 is 49.8 Å². The maximum Gasteiger partial charge on any atom is 1.00 e. The van der Waals surface area contributed by atoms with E-state index in [4.69, 9.17) is 16.5 Å². The predicted molar refractivity (Wildman–Crippen MR) is 139 cm³/mol. The van der Waals surface area contributed by atoms with Gasteiger partial charge in [0.1, 0.15) is 11.2 Å². The molecule has 3 aliphatic rings. The van der Waals surface area contributed by atoms with Crippen LogP contribution in [-0.2, 0) is 28.9 Å². The minimum atomic E-state index is -1.15. The Bertz CT molecular complexity index is 1290. The SMILES string of the molecule is CC(=O)OOc1cc(N2C(=O)C3=C(CCCC3)C2=O)c(F)cc1Cl.CCCC(C)C1(CC)C(=O)N=C([O-])NC1=O.[Na+]. The zero-order chi connectivity index (χ0) is 29.8. The number of hydrogen-bond donors (Lipinski definition) is 1. The first-order chi connectivity index (χ1) is 18.9. The third-order valence-corrected chi connectivity index (χ3v) is 7.51. The number of carbonyl (C=O) groups excluding carboxylic acids is 5. The van der Waals surface area contributed by atoms with Gasteiger partial charge < -0.3 is 10.4 Å². The van der Waals surface area contributed by atoms with Gasteiger partial charge in [0, 0.05) is 24.1 Å². The van der Waals surface area contributed by atoms with Gasteiger partial charge in [0.2, 0.25) is 5.91 Å². The van der Waals surface area contributed by atoms with Crippen molar-refractivity contribution in [3.63, 3.8) is 0 Å². The molecule has 2 heterocycles. The smallest absolute Gasteiger partial charge is 0.846 e. The summed E-state index contributed by atoms with van der Waals surface area (Å²) in [5.74, 6) is -4.02. The van der Waals surface area contributed by atoms with Gasteiger partial charge >= 0.3 is 35.5 Å². The van der Waals surface area contributed by atoms with Crippen molar-refractivity contribution in [2.45, 2.75) is 72.6 Å². The van der Waals surface area contributed by atoms with Gasteiger partial charge in [-0.15, -0.1) is 0 Å². The van der Waals surface area contributed by atoms with Crippen LogP contribution in [0.1, 0.15) is 72.6 Å². The third-order valence-electron chi connectivity index (χ3n) is 7.21. The summed E-state index contributed by atoms with van der Waals surface area (Å²) >= 11 is 5.83. The Hall–Kier alpha value is -2.80. The van der Waals surface area contributed by atoms with Crippen LogP contribution in [0.3, 0.4) is 0 Å². The Balaban J connectivity index is 0.000000304. The topological polar surface area (TPSA) is 154 Å². The van der Waals surface area contributed by atoms with Gasteiger partial charge in [0.25, 0.3) is 17.7 Å². The number of imide groups is 1. The first-order valence-corrected chi connectivity index (χ1v) is 13.3. The maximum absolute atomic E-state index is 14.3. The number of aliphatic imine (C=N–C) groups is 1. The van der Waals surface area contributed by atoms with Crippen LogP contribution in [0.5, 0.6) is 5.75 Å². The van der Waals surface area contributed by atoms with E-state index in [1.165, 1.54) is 0 Å². The average molecular weight is 602 g/mol. The molecule has 0 spiro atoms. The molecule has 4 amide bonds. The van der Waals surface area contributed by atoms with Crippen molar-refractivity contribution in [2.75, 3.05) is 4.90 Å². The van der Waals surface area contributed by atoms with Crippen molar-refractivity contribution in [3.8, 4) is 5.75 Å². The number of anilines is 1. The summed E-state index contributed by atoms with van der Waals surface area (Å²) in [4.78, 5) is 72.7. The Morgan fingerprint density at radius 3 is 2.24 bits per heavy atom. The van der Waals surface area contributed by atoms with Crippen LogP contribution in [0.25, 0.3) is 0 Å². The maximum atomic E-state index is 14.3. The molecule has 0 saturated heterocycles. The molecule has 2 unspecified atom stereocenters. The molecule has 14 heteroatoms. The molecule has 0 radical (unpaired) electrons. The van der Waals surface area contributed by atoms with Crippen molar-refractivity contribution < 1.29 is 72.8 Å². The second-order valence-corrected chi connectivity index (χ2v) is 10.1. The van der Waals surface area contributed by atoms with Crippen LogP contribution in [0.4, 0.5) is 10.1 Å². The van der Waals surface area contributed by atoms with Crippen molar-refractivity contribution in [1.82, 2.24) is 5.32 Å². The van der Waals surface area contributed by atoms with E-state index in [0.717, 1.165) is 49.6 Å². The van der Waals surface area contributed by atoms with Gasteiger partial charge in [-0.05, 0) is 50.5 Å². The van der Waals surface area contributed by atoms with E-state index in [0.29, 0.717) is 30.4 Å². The fourth-order valence-corrected chi connectivity index (χ4v) is 5.30. The number of carbonyl (C=O) groups is 5. The summed E-state index contributed by atoms with van der Waals surface area (Å²) in [7, 11) is 0. The second kappa shape index (κ2) is 14.4. The van der Waals surface area contributed by atoms with Crippen LogP contribution in [-0.4, -0.2) is 35.6 Å². The number of amidine groups is 1. The number of hydrogen-bond acceptors (Lipinski definition) is 8. The van der Waals surface area contributed by atoms with Gasteiger partial charge in [-0.2, -0.15) is 0 Å². The van der Waals surface area contributed by atoms with Gasteiger partial charge in [-0.25, -0.2) is 19.1 Å². The van der Waals surface area contributed by atoms with E-state index in [9.17, 15) is 33.5 Å². The average Bonchev–Trinajstić information content (AvgIpc) is 3.14. The molecular formula is C27H30ClFN3NaO8. The van der Waals surface area contributed by atoms with Gasteiger partial charge in [-0.3, -0.25) is 29.0 Å². The molecule has 216 valence electrons. The van der Waals surface area contributed by atoms with Crippen molar-refractivity contribution in [3.05, 3.63) is 34.1 Å². The first-order valence-electron chi connectivity index (χ1n) is 12.9. The minimum Gasteiger partial charge on any atom is -0.846 e. The molecule has 41 heavy (non-hydrogen) atoms. The zero-order valence-electron chi connectivity index (χ0n) is 23.6. The van der Waals surface area contributed by atoms with Gasteiger partial charge in [-0.1, -0.05) is 38.8 Å². The molecule has 11 nitrogen and oxygen atoms in total. The summed E-state index contributed by atoms with van der Waals surface area (Å²) in [6, 6.07) is 1.12. The number of rotatable bonds is 7. The second-order valence-electron chi connectivity index (χ2n) is 9.69. The Kier molecular flexibility index (Phi) is 12.1. The summed E-state index contributed by atoms with van der Waals surface area (Å²) in [5, 5.41) is 12.9. The van der Waals surface area contributed by atoms with Crippen LogP contribution in [0.15, 0.2) is 28.3 Å². The van der Waals surface area contributed by atoms with E-state index >= 15 is 0 Å². The summed E-state index contributed by atoms with van der Waals surface area (Å²) in [6.07, 6.45) is 4.65. The molecule has 1 aliphatic carbocycles. The molecule has 0 bridgehead atoms. The number of halogens is 2. The number of nitrogens with one attached hydrogen (secondary N) is 1. The number of nitrogens with zero attached hydrogens (tertiary/aromatic N) is 2. The Labute approximate surface area is 263 Å². The van der Waals surface area contributed by atoms with Crippen LogP contribution in [0.2, 0.25) is 5.02 Å². The van der Waals surface area contributed by atoms with Gasteiger partial charge in [0.15, 0.2) is 5.75 Å². The molecule has 2 aliphatic heterocycles. The first kappa shape index (κ1) is 34.4. The van der Waals surface area contributed by atoms with Gasteiger partial charge in [0.05, 0.1) is 16.7 Å². The molecular weight excluding hydrogens is 572 g/mol. The monoisotopic (exact) mass is 601 g/mol. The third kappa shape index (κ3) is 6.99. The van der Waals surface area contributed by atoms with E-state index in [-0.39, 0.29) is 51.9 Å². The summed E-state index contributed by atoms with van der Waals surface area (Å²) < 4.78 is 14.3. The molecule has 1 N–H and O–H groups in total. The van der Waals surface area contributed by atoms with Crippen molar-refractivity contribution >= 4 is 52.9 Å². The quantitative estimate of drug-likeness (QED) is 0.154. The summed E-state index contributed by atoms with van der Waals surface area (Å²) in [5.41, 5.74) is -0.568.